The smallest absolute Gasteiger partial charge is 0.276 e. The van der Waals surface area contributed by atoms with Crippen molar-refractivity contribution < 1.29 is 18.7 Å². The Morgan fingerprint density at radius 1 is 1.04 bits per heavy atom. The van der Waals surface area contributed by atoms with E-state index in [-0.39, 0.29) is 5.78 Å². The molecule has 0 atom stereocenters. The quantitative estimate of drug-likeness (QED) is 0.305. The maximum Gasteiger partial charge on any atom is 0.276 e. The van der Waals surface area contributed by atoms with Gasteiger partial charge in [-0.25, -0.2) is 0 Å². The number of hydrogen-bond donors (Lipinski definition) is 0. The van der Waals surface area contributed by atoms with Gasteiger partial charge in [-0.05, 0) is 24.6 Å². The van der Waals surface area contributed by atoms with Crippen LogP contribution in [0.1, 0.15) is 23.2 Å². The van der Waals surface area contributed by atoms with E-state index in [4.69, 9.17) is 13.9 Å². The molecule has 0 N–H and O–H groups in total. The number of ketones is 1. The van der Waals surface area contributed by atoms with Crippen molar-refractivity contribution in [3.8, 4) is 23.0 Å². The molecule has 0 aliphatic heterocycles. The number of methoxy groups -OCH3 is 2. The minimum Gasteiger partial charge on any atom is -0.493 e. The fourth-order valence-corrected chi connectivity index (χ4v) is 3.21. The highest BCUT2D eigenvalue weighted by atomic mass is 32.2. The first-order chi connectivity index (χ1) is 13.2. The number of aromatic nitrogens is 2. The van der Waals surface area contributed by atoms with Gasteiger partial charge in [0.2, 0.25) is 5.89 Å². The SMILES string of the molecule is COc1ccc(-c2nnc(SCCCC(=O)c3ccccc3)o2)cc1OC. The fraction of sp³-hybridized carbons (Fsp3) is 0.250. The molecule has 0 unspecified atom stereocenters. The third-order valence-corrected chi connectivity index (χ3v) is 4.81. The number of carbonyl (C=O) groups excluding carboxylic acids is 1. The highest BCUT2D eigenvalue weighted by Gasteiger charge is 2.13. The molecule has 2 aromatic carbocycles. The Morgan fingerprint density at radius 2 is 1.81 bits per heavy atom. The van der Waals surface area contributed by atoms with Crippen molar-refractivity contribution in [2.75, 3.05) is 20.0 Å². The highest BCUT2D eigenvalue weighted by molar-refractivity contribution is 7.99. The van der Waals surface area contributed by atoms with E-state index in [9.17, 15) is 4.79 Å². The largest absolute Gasteiger partial charge is 0.493 e. The van der Waals surface area contributed by atoms with Crippen molar-refractivity contribution in [1.29, 1.82) is 0 Å². The van der Waals surface area contributed by atoms with Crippen LogP contribution in [0, 0.1) is 0 Å². The standard InChI is InChI=1S/C20H20N2O4S/c1-24-17-11-10-15(13-18(17)25-2)19-21-22-20(26-19)27-12-6-9-16(23)14-7-4-3-5-8-14/h3-5,7-8,10-11,13H,6,9,12H2,1-2H3. The Balaban J connectivity index is 1.53. The molecule has 0 radical (unpaired) electrons. The van der Waals surface area contributed by atoms with Gasteiger partial charge in [0.05, 0.1) is 14.2 Å². The first kappa shape index (κ1) is 19.0. The molecule has 6 nitrogen and oxygen atoms in total. The summed E-state index contributed by atoms with van der Waals surface area (Å²) >= 11 is 1.44. The number of rotatable bonds is 9. The molecule has 1 heterocycles. The monoisotopic (exact) mass is 384 g/mol. The second-order valence-corrected chi connectivity index (χ2v) is 6.73. The van der Waals surface area contributed by atoms with E-state index in [0.717, 1.165) is 23.3 Å². The maximum absolute atomic E-state index is 12.1. The molecule has 0 amide bonds. The van der Waals surface area contributed by atoms with Crippen LogP contribution in [-0.4, -0.2) is 36.0 Å². The zero-order chi connectivity index (χ0) is 19.1. The minimum atomic E-state index is 0.146. The van der Waals surface area contributed by atoms with E-state index in [2.05, 4.69) is 10.2 Å². The molecular formula is C20H20N2O4S. The van der Waals surface area contributed by atoms with E-state index in [1.54, 1.807) is 26.4 Å². The van der Waals surface area contributed by atoms with Gasteiger partial charge >= 0.3 is 0 Å². The molecule has 0 bridgehead atoms. The highest BCUT2D eigenvalue weighted by Crippen LogP contribution is 2.32. The Morgan fingerprint density at radius 3 is 2.56 bits per heavy atom. The predicted molar refractivity (Wildman–Crippen MR) is 104 cm³/mol. The summed E-state index contributed by atoms with van der Waals surface area (Å²) in [5.41, 5.74) is 1.50. The van der Waals surface area contributed by atoms with Gasteiger partial charge in [0, 0.05) is 23.3 Å². The second-order valence-electron chi connectivity index (χ2n) is 5.68. The van der Waals surface area contributed by atoms with Crippen LogP contribution in [0.4, 0.5) is 0 Å². The molecule has 0 saturated heterocycles. The molecule has 1 aromatic heterocycles. The van der Waals surface area contributed by atoms with Gasteiger partial charge in [0.1, 0.15) is 0 Å². The summed E-state index contributed by atoms with van der Waals surface area (Å²) in [5, 5.41) is 8.61. The summed E-state index contributed by atoms with van der Waals surface area (Å²) in [6.07, 6.45) is 1.24. The van der Waals surface area contributed by atoms with E-state index in [1.165, 1.54) is 11.8 Å². The molecule has 0 fully saturated rings. The number of carbonyl (C=O) groups is 1. The molecule has 27 heavy (non-hydrogen) atoms. The first-order valence-electron chi connectivity index (χ1n) is 8.48. The van der Waals surface area contributed by atoms with Crippen LogP contribution in [0.3, 0.4) is 0 Å². The summed E-state index contributed by atoms with van der Waals surface area (Å²) in [4.78, 5) is 12.1. The third kappa shape index (κ3) is 4.89. The summed E-state index contributed by atoms with van der Waals surface area (Å²) in [6.45, 7) is 0. The van der Waals surface area contributed by atoms with Crippen LogP contribution in [0.5, 0.6) is 11.5 Å². The summed E-state index contributed by atoms with van der Waals surface area (Å²) in [5.74, 6) is 2.53. The Bertz CT molecular complexity index is 896. The van der Waals surface area contributed by atoms with Gasteiger partial charge in [0.25, 0.3) is 5.22 Å². The van der Waals surface area contributed by atoms with Crippen LogP contribution in [0.2, 0.25) is 0 Å². The van der Waals surface area contributed by atoms with E-state index >= 15 is 0 Å². The number of nitrogens with zero attached hydrogens (tertiary/aromatic N) is 2. The summed E-state index contributed by atoms with van der Waals surface area (Å²) in [7, 11) is 3.16. The van der Waals surface area contributed by atoms with Gasteiger partial charge in [-0.1, -0.05) is 42.1 Å². The molecule has 3 rings (SSSR count). The van der Waals surface area contributed by atoms with Crippen LogP contribution >= 0.6 is 11.8 Å². The third-order valence-electron chi connectivity index (χ3n) is 3.91. The normalized spacial score (nSPS) is 10.6. The van der Waals surface area contributed by atoms with Crippen LogP contribution in [-0.2, 0) is 0 Å². The summed E-state index contributed by atoms with van der Waals surface area (Å²) in [6, 6.07) is 14.7. The van der Waals surface area contributed by atoms with Crippen molar-refractivity contribution in [3.05, 3.63) is 54.1 Å². The van der Waals surface area contributed by atoms with Crippen molar-refractivity contribution >= 4 is 17.5 Å². The average molecular weight is 384 g/mol. The van der Waals surface area contributed by atoms with Crippen molar-refractivity contribution in [3.63, 3.8) is 0 Å². The lowest BCUT2D eigenvalue weighted by molar-refractivity contribution is 0.0982. The Kier molecular flexibility index (Phi) is 6.49. The zero-order valence-corrected chi connectivity index (χ0v) is 16.0. The minimum absolute atomic E-state index is 0.146. The zero-order valence-electron chi connectivity index (χ0n) is 15.2. The lowest BCUT2D eigenvalue weighted by Crippen LogP contribution is -1.99. The van der Waals surface area contributed by atoms with Gasteiger partial charge in [-0.3, -0.25) is 4.79 Å². The fourth-order valence-electron chi connectivity index (χ4n) is 2.51. The maximum atomic E-state index is 12.1. The molecule has 7 heteroatoms. The van der Waals surface area contributed by atoms with E-state index in [0.29, 0.717) is 29.0 Å². The lowest BCUT2D eigenvalue weighted by atomic mass is 10.1. The molecule has 0 aliphatic carbocycles. The van der Waals surface area contributed by atoms with Crippen molar-refractivity contribution in [2.45, 2.75) is 18.1 Å². The van der Waals surface area contributed by atoms with Crippen LogP contribution in [0.25, 0.3) is 11.5 Å². The lowest BCUT2D eigenvalue weighted by Gasteiger charge is -2.07. The van der Waals surface area contributed by atoms with Gasteiger partial charge < -0.3 is 13.9 Å². The topological polar surface area (TPSA) is 74.5 Å². The first-order valence-corrected chi connectivity index (χ1v) is 9.46. The van der Waals surface area contributed by atoms with Crippen molar-refractivity contribution in [2.24, 2.45) is 0 Å². The number of Topliss-reactive ketones (excluding diaryl/α,β-unsaturated/α-hetero) is 1. The number of thioether (sulfide) groups is 1. The summed E-state index contributed by atoms with van der Waals surface area (Å²) < 4.78 is 16.2. The van der Waals surface area contributed by atoms with Gasteiger partial charge in [-0.2, -0.15) is 0 Å². The molecule has 3 aromatic rings. The average Bonchev–Trinajstić information content (AvgIpc) is 3.20. The second kappa shape index (κ2) is 9.23. The number of hydrogen-bond acceptors (Lipinski definition) is 7. The number of ether oxygens (including phenoxy) is 2. The van der Waals surface area contributed by atoms with Crippen molar-refractivity contribution in [1.82, 2.24) is 10.2 Å². The van der Waals surface area contributed by atoms with E-state index < -0.39 is 0 Å². The van der Waals surface area contributed by atoms with Crippen LogP contribution < -0.4 is 9.47 Å². The predicted octanol–water partition coefficient (Wildman–Crippen LogP) is 4.51. The molecule has 0 spiro atoms. The number of benzene rings is 2. The molecular weight excluding hydrogens is 364 g/mol. The van der Waals surface area contributed by atoms with Gasteiger partial charge in [0.15, 0.2) is 17.3 Å². The van der Waals surface area contributed by atoms with Crippen LogP contribution in [0.15, 0.2) is 58.2 Å². The van der Waals surface area contributed by atoms with Gasteiger partial charge in [-0.15, -0.1) is 10.2 Å². The Labute approximate surface area is 161 Å². The Hall–Kier alpha value is -2.80. The molecule has 0 aliphatic rings. The molecule has 0 saturated carbocycles. The van der Waals surface area contributed by atoms with E-state index in [1.807, 2.05) is 36.4 Å². The molecule has 140 valence electrons.